The Hall–Kier alpha value is -2.55. The van der Waals surface area contributed by atoms with Gasteiger partial charge in [-0.2, -0.15) is 4.98 Å². The summed E-state index contributed by atoms with van der Waals surface area (Å²) in [6.45, 7) is 3.57. The average molecular weight is 335 g/mol. The summed E-state index contributed by atoms with van der Waals surface area (Å²) in [7, 11) is 0. The molecule has 1 aromatic heterocycles. The van der Waals surface area contributed by atoms with Crippen molar-refractivity contribution in [2.45, 2.75) is 25.1 Å². The molecular weight excluding hydrogens is 318 g/mol. The number of carbonyl (C=O) groups is 2. The molecule has 2 aromatic rings. The second-order valence-electron chi connectivity index (χ2n) is 4.87. The summed E-state index contributed by atoms with van der Waals surface area (Å²) >= 11 is 1.16. The van der Waals surface area contributed by atoms with Gasteiger partial charge in [0.2, 0.25) is 17.0 Å². The maximum Gasteiger partial charge on any atom is 0.338 e. The fourth-order valence-corrected chi connectivity index (χ4v) is 2.23. The quantitative estimate of drug-likeness (QED) is 0.542. The van der Waals surface area contributed by atoms with Crippen molar-refractivity contribution in [2.24, 2.45) is 0 Å². The maximum atomic E-state index is 11.8. The van der Waals surface area contributed by atoms with E-state index in [4.69, 9.17) is 10.5 Å². The van der Waals surface area contributed by atoms with E-state index >= 15 is 0 Å². The molecule has 8 nitrogen and oxygen atoms in total. The molecule has 0 spiro atoms. The molecule has 122 valence electrons. The van der Waals surface area contributed by atoms with E-state index in [1.807, 2.05) is 0 Å². The number of hydrogen-bond donors (Lipinski definition) is 3. The number of benzene rings is 1. The molecule has 0 atom stereocenters. The normalized spacial score (nSPS) is 10.6. The number of ether oxygens (including phenoxy) is 1. The number of carbonyl (C=O) groups excluding carboxylic acids is 2. The van der Waals surface area contributed by atoms with Gasteiger partial charge in [-0.15, -0.1) is 5.10 Å². The van der Waals surface area contributed by atoms with E-state index in [9.17, 15) is 9.59 Å². The lowest BCUT2D eigenvalue weighted by atomic mass is 10.2. The highest BCUT2D eigenvalue weighted by atomic mass is 32.2. The molecule has 0 fully saturated rings. The lowest BCUT2D eigenvalue weighted by Gasteiger charge is -2.08. The van der Waals surface area contributed by atoms with E-state index in [1.54, 1.807) is 38.1 Å². The molecule has 1 amide bonds. The first kappa shape index (κ1) is 16.8. The smallest absolute Gasteiger partial charge is 0.338 e. The number of nitrogens with two attached hydrogens (primary N) is 1. The van der Waals surface area contributed by atoms with Crippen LogP contribution in [0, 0.1) is 0 Å². The highest BCUT2D eigenvalue weighted by Crippen LogP contribution is 2.15. The summed E-state index contributed by atoms with van der Waals surface area (Å²) in [6.07, 6.45) is -0.177. The second kappa shape index (κ2) is 7.63. The van der Waals surface area contributed by atoms with Crippen LogP contribution in [0.15, 0.2) is 29.4 Å². The molecule has 2 rings (SSSR count). The molecular formula is C14H17N5O3S. The summed E-state index contributed by atoms with van der Waals surface area (Å²) < 4.78 is 5.09. The third kappa shape index (κ3) is 5.29. The Labute approximate surface area is 137 Å². The van der Waals surface area contributed by atoms with Crippen LogP contribution in [-0.2, 0) is 9.53 Å². The van der Waals surface area contributed by atoms with Gasteiger partial charge in [0.25, 0.3) is 0 Å². The number of rotatable bonds is 6. The molecule has 0 saturated heterocycles. The Morgan fingerprint density at radius 3 is 2.61 bits per heavy atom. The number of nitrogen functional groups attached to an aromatic ring is 1. The molecule has 0 saturated carbocycles. The van der Waals surface area contributed by atoms with Crippen molar-refractivity contribution in [3.63, 3.8) is 0 Å². The number of nitrogens with zero attached hydrogens (tertiary/aromatic N) is 2. The number of H-pyrrole nitrogens is 1. The summed E-state index contributed by atoms with van der Waals surface area (Å²) in [5.74, 6) is -0.252. The van der Waals surface area contributed by atoms with E-state index in [0.29, 0.717) is 16.4 Å². The van der Waals surface area contributed by atoms with Gasteiger partial charge in [-0.25, -0.2) is 9.89 Å². The van der Waals surface area contributed by atoms with Crippen molar-refractivity contribution in [1.29, 1.82) is 0 Å². The molecule has 1 aromatic carbocycles. The first-order valence-corrected chi connectivity index (χ1v) is 7.84. The zero-order chi connectivity index (χ0) is 16.8. The SMILES string of the molecule is CC(C)OC(=O)c1ccc(NC(=O)CSc2n[nH]c(N)n2)cc1. The largest absolute Gasteiger partial charge is 0.459 e. The average Bonchev–Trinajstić information content (AvgIpc) is 2.91. The van der Waals surface area contributed by atoms with Crippen LogP contribution in [0.3, 0.4) is 0 Å². The van der Waals surface area contributed by atoms with Crippen LogP contribution < -0.4 is 11.1 Å². The Morgan fingerprint density at radius 1 is 1.35 bits per heavy atom. The topological polar surface area (TPSA) is 123 Å². The Bertz CT molecular complexity index is 684. The number of nitrogens with one attached hydrogen (secondary N) is 2. The number of amides is 1. The van der Waals surface area contributed by atoms with Gasteiger partial charge in [0.1, 0.15) is 0 Å². The second-order valence-corrected chi connectivity index (χ2v) is 5.81. The molecule has 4 N–H and O–H groups in total. The lowest BCUT2D eigenvalue weighted by Crippen LogP contribution is -2.15. The van der Waals surface area contributed by atoms with E-state index in [0.717, 1.165) is 11.8 Å². The molecule has 23 heavy (non-hydrogen) atoms. The zero-order valence-corrected chi connectivity index (χ0v) is 13.5. The van der Waals surface area contributed by atoms with Gasteiger partial charge in [-0.05, 0) is 38.1 Å². The predicted molar refractivity (Wildman–Crippen MR) is 87.1 cm³/mol. The minimum absolute atomic E-state index is 0.147. The van der Waals surface area contributed by atoms with Crippen molar-refractivity contribution in [3.05, 3.63) is 29.8 Å². The summed E-state index contributed by atoms with van der Waals surface area (Å²) in [6, 6.07) is 6.49. The number of aromatic amines is 1. The van der Waals surface area contributed by atoms with Gasteiger partial charge in [-0.1, -0.05) is 11.8 Å². The first-order valence-electron chi connectivity index (χ1n) is 6.85. The van der Waals surface area contributed by atoms with Crippen LogP contribution in [0.5, 0.6) is 0 Å². The number of anilines is 2. The monoisotopic (exact) mass is 335 g/mol. The number of thioether (sulfide) groups is 1. The molecule has 1 heterocycles. The van der Waals surface area contributed by atoms with E-state index in [-0.39, 0.29) is 23.7 Å². The third-order valence-electron chi connectivity index (χ3n) is 2.56. The predicted octanol–water partition coefficient (Wildman–Crippen LogP) is 1.68. The van der Waals surface area contributed by atoms with Crippen molar-refractivity contribution in [2.75, 3.05) is 16.8 Å². The highest BCUT2D eigenvalue weighted by Gasteiger charge is 2.10. The van der Waals surface area contributed by atoms with Gasteiger partial charge >= 0.3 is 5.97 Å². The molecule has 0 radical (unpaired) electrons. The number of hydrogen-bond acceptors (Lipinski definition) is 7. The highest BCUT2D eigenvalue weighted by molar-refractivity contribution is 7.99. The van der Waals surface area contributed by atoms with E-state index in [1.165, 1.54) is 0 Å². The van der Waals surface area contributed by atoms with E-state index < -0.39 is 5.97 Å². The van der Waals surface area contributed by atoms with E-state index in [2.05, 4.69) is 20.5 Å². The molecule has 0 aliphatic heterocycles. The van der Waals surface area contributed by atoms with Gasteiger partial charge in [0, 0.05) is 5.69 Å². The van der Waals surface area contributed by atoms with Gasteiger partial charge in [0.05, 0.1) is 17.4 Å². The minimum Gasteiger partial charge on any atom is -0.459 e. The fourth-order valence-electron chi connectivity index (χ4n) is 1.62. The zero-order valence-electron chi connectivity index (χ0n) is 12.7. The van der Waals surface area contributed by atoms with Crippen molar-refractivity contribution in [1.82, 2.24) is 15.2 Å². The number of esters is 1. The summed E-state index contributed by atoms with van der Waals surface area (Å²) in [5.41, 5.74) is 6.42. The van der Waals surface area contributed by atoms with Crippen LogP contribution in [-0.4, -0.2) is 38.9 Å². The summed E-state index contributed by atoms with van der Waals surface area (Å²) in [5, 5.41) is 9.44. The first-order chi connectivity index (χ1) is 10.9. The number of aromatic nitrogens is 3. The van der Waals surface area contributed by atoms with Gasteiger partial charge < -0.3 is 15.8 Å². The van der Waals surface area contributed by atoms with Crippen LogP contribution in [0.25, 0.3) is 0 Å². The van der Waals surface area contributed by atoms with Crippen molar-refractivity contribution >= 4 is 35.3 Å². The van der Waals surface area contributed by atoms with Crippen molar-refractivity contribution in [3.8, 4) is 0 Å². The Kier molecular flexibility index (Phi) is 5.58. The van der Waals surface area contributed by atoms with Gasteiger partial charge in [0.15, 0.2) is 0 Å². The molecule has 0 bridgehead atoms. The summed E-state index contributed by atoms with van der Waals surface area (Å²) in [4.78, 5) is 27.4. The van der Waals surface area contributed by atoms with Crippen LogP contribution in [0.2, 0.25) is 0 Å². The maximum absolute atomic E-state index is 11.8. The molecule has 0 unspecified atom stereocenters. The van der Waals surface area contributed by atoms with Crippen LogP contribution in [0.4, 0.5) is 11.6 Å². The molecule has 0 aliphatic carbocycles. The fraction of sp³-hybridized carbons (Fsp3) is 0.286. The molecule has 0 aliphatic rings. The van der Waals surface area contributed by atoms with Gasteiger partial charge in [-0.3, -0.25) is 4.79 Å². The van der Waals surface area contributed by atoms with Crippen LogP contribution >= 0.6 is 11.8 Å². The minimum atomic E-state index is -0.393. The Balaban J connectivity index is 1.85. The van der Waals surface area contributed by atoms with Crippen molar-refractivity contribution < 1.29 is 14.3 Å². The third-order valence-corrected chi connectivity index (χ3v) is 3.41. The molecule has 9 heteroatoms. The van der Waals surface area contributed by atoms with Crippen LogP contribution in [0.1, 0.15) is 24.2 Å². The lowest BCUT2D eigenvalue weighted by molar-refractivity contribution is -0.113. The Morgan fingerprint density at radius 2 is 2.04 bits per heavy atom. The standard InChI is InChI=1S/C14H17N5O3S/c1-8(2)22-12(21)9-3-5-10(6-4-9)16-11(20)7-23-14-17-13(15)18-19-14/h3-6,8H,7H2,1-2H3,(H,16,20)(H3,15,17,18,19).